The summed E-state index contributed by atoms with van der Waals surface area (Å²) in [6.07, 6.45) is 1.82. The Balaban J connectivity index is 1.59. The second kappa shape index (κ2) is 10.6. The van der Waals surface area contributed by atoms with E-state index in [1.165, 1.54) is 0 Å². The molecule has 0 atom stereocenters. The number of nitrogens with one attached hydrogen (secondary N) is 2. The molecule has 0 aliphatic carbocycles. The van der Waals surface area contributed by atoms with Gasteiger partial charge in [-0.1, -0.05) is 30.3 Å². The van der Waals surface area contributed by atoms with Crippen LogP contribution < -0.4 is 14.9 Å². The predicted octanol–water partition coefficient (Wildman–Crippen LogP) is 1.81. The van der Waals surface area contributed by atoms with Crippen molar-refractivity contribution >= 4 is 21.8 Å². The van der Waals surface area contributed by atoms with Crippen LogP contribution in [0.4, 0.5) is 5.82 Å². The van der Waals surface area contributed by atoms with Crippen molar-refractivity contribution in [2.75, 3.05) is 38.1 Å². The van der Waals surface area contributed by atoms with Gasteiger partial charge in [0.05, 0.1) is 5.75 Å². The number of aromatic nitrogens is 1. The first-order valence-electron chi connectivity index (χ1n) is 10.6. The van der Waals surface area contributed by atoms with Crippen LogP contribution in [0.5, 0.6) is 0 Å². The number of anilines is 1. The van der Waals surface area contributed by atoms with Crippen molar-refractivity contribution in [3.63, 3.8) is 0 Å². The molecule has 1 aliphatic rings. The van der Waals surface area contributed by atoms with Crippen molar-refractivity contribution in [3.8, 4) is 0 Å². The molecule has 8 nitrogen and oxygen atoms in total. The summed E-state index contributed by atoms with van der Waals surface area (Å²) in [7, 11) is -1.61. The number of hydrogen-bond donors (Lipinski definition) is 2. The molecule has 0 unspecified atom stereocenters. The van der Waals surface area contributed by atoms with Crippen LogP contribution in [0.15, 0.2) is 53.7 Å². The van der Waals surface area contributed by atoms with Crippen LogP contribution in [-0.4, -0.2) is 63.5 Å². The fraction of sp³-hybridized carbons (Fsp3) is 0.455. The van der Waals surface area contributed by atoms with Gasteiger partial charge in [0, 0.05) is 52.0 Å². The molecule has 168 valence electrons. The topological polar surface area (TPSA) is 89.9 Å². The lowest BCUT2D eigenvalue weighted by Crippen LogP contribution is -2.52. The van der Waals surface area contributed by atoms with Gasteiger partial charge in [-0.3, -0.25) is 4.99 Å². The fourth-order valence-corrected chi connectivity index (χ4v) is 5.16. The van der Waals surface area contributed by atoms with Crippen LogP contribution in [0.3, 0.4) is 0 Å². The van der Waals surface area contributed by atoms with E-state index >= 15 is 0 Å². The van der Waals surface area contributed by atoms with Crippen molar-refractivity contribution < 1.29 is 8.42 Å². The molecule has 3 rings (SSSR count). The van der Waals surface area contributed by atoms with E-state index in [2.05, 4.69) is 29.8 Å². The SMILES string of the molecule is CN=C(NCc1ccccc1CS(=O)(=O)NC(C)C)N1CCN(c2ccccn2)CC1. The number of benzene rings is 1. The average molecular weight is 445 g/mol. The zero-order chi connectivity index (χ0) is 22.3. The number of rotatable bonds is 7. The molecule has 0 bridgehead atoms. The molecule has 0 saturated carbocycles. The minimum absolute atomic E-state index is 0.0373. The van der Waals surface area contributed by atoms with E-state index in [0.717, 1.165) is 49.1 Å². The van der Waals surface area contributed by atoms with Crippen LogP contribution in [0.2, 0.25) is 0 Å². The van der Waals surface area contributed by atoms with E-state index in [1.807, 2.05) is 62.5 Å². The van der Waals surface area contributed by atoms with Crippen LogP contribution >= 0.6 is 0 Å². The van der Waals surface area contributed by atoms with Crippen molar-refractivity contribution in [3.05, 3.63) is 59.8 Å². The maximum absolute atomic E-state index is 12.4. The molecule has 31 heavy (non-hydrogen) atoms. The van der Waals surface area contributed by atoms with Crippen LogP contribution in [-0.2, 0) is 22.3 Å². The summed E-state index contributed by atoms with van der Waals surface area (Å²) in [6, 6.07) is 13.5. The zero-order valence-electron chi connectivity index (χ0n) is 18.5. The Kier molecular flexibility index (Phi) is 7.86. The molecule has 1 fully saturated rings. The summed E-state index contributed by atoms with van der Waals surface area (Å²) in [5, 5.41) is 3.40. The van der Waals surface area contributed by atoms with Crippen LogP contribution in [0.1, 0.15) is 25.0 Å². The number of pyridine rings is 1. The van der Waals surface area contributed by atoms with E-state index in [-0.39, 0.29) is 11.8 Å². The van der Waals surface area contributed by atoms with Gasteiger partial charge in [-0.2, -0.15) is 0 Å². The number of hydrogen-bond acceptors (Lipinski definition) is 5. The molecule has 9 heteroatoms. The molecule has 0 spiro atoms. The quantitative estimate of drug-likeness (QED) is 0.500. The third-order valence-corrected chi connectivity index (χ3v) is 6.60. The number of piperazine rings is 1. The van der Waals surface area contributed by atoms with E-state index in [9.17, 15) is 8.42 Å². The number of aliphatic imine (C=N–C) groups is 1. The Bertz CT molecular complexity index is 971. The standard InChI is InChI=1S/C22H32N6O2S/c1-18(2)26-31(29,30)17-20-9-5-4-8-19(20)16-25-22(23-3)28-14-12-27(13-15-28)21-10-6-7-11-24-21/h4-11,18,26H,12-17H2,1-3H3,(H,23,25). The predicted molar refractivity (Wildman–Crippen MR) is 126 cm³/mol. The molecule has 2 N–H and O–H groups in total. The van der Waals surface area contributed by atoms with Gasteiger partial charge in [-0.15, -0.1) is 0 Å². The Labute approximate surface area is 185 Å². The minimum Gasteiger partial charge on any atom is -0.353 e. The summed E-state index contributed by atoms with van der Waals surface area (Å²) in [6.45, 7) is 7.57. The Morgan fingerprint density at radius 1 is 1.06 bits per heavy atom. The Morgan fingerprint density at radius 2 is 1.74 bits per heavy atom. The van der Waals surface area contributed by atoms with Gasteiger partial charge in [0.25, 0.3) is 0 Å². The summed E-state index contributed by atoms with van der Waals surface area (Å²) >= 11 is 0. The highest BCUT2D eigenvalue weighted by molar-refractivity contribution is 7.88. The highest BCUT2D eigenvalue weighted by Gasteiger charge is 2.21. The zero-order valence-corrected chi connectivity index (χ0v) is 19.3. The van der Waals surface area contributed by atoms with Gasteiger partial charge in [-0.05, 0) is 37.1 Å². The van der Waals surface area contributed by atoms with Crippen LogP contribution in [0.25, 0.3) is 0 Å². The molecule has 1 saturated heterocycles. The van der Waals surface area contributed by atoms with Gasteiger partial charge in [0.1, 0.15) is 5.82 Å². The van der Waals surface area contributed by atoms with Crippen molar-refractivity contribution in [1.29, 1.82) is 0 Å². The monoisotopic (exact) mass is 444 g/mol. The fourth-order valence-electron chi connectivity index (χ4n) is 3.67. The number of nitrogens with zero attached hydrogens (tertiary/aromatic N) is 4. The smallest absolute Gasteiger partial charge is 0.216 e. The second-order valence-corrected chi connectivity index (χ2v) is 9.62. The van der Waals surface area contributed by atoms with E-state index in [0.29, 0.717) is 6.54 Å². The Morgan fingerprint density at radius 3 is 2.35 bits per heavy atom. The molecule has 1 aliphatic heterocycles. The summed E-state index contributed by atoms with van der Waals surface area (Å²) in [5.74, 6) is 1.78. The highest BCUT2D eigenvalue weighted by Crippen LogP contribution is 2.14. The summed E-state index contributed by atoms with van der Waals surface area (Å²) < 4.78 is 27.4. The molecular weight excluding hydrogens is 412 g/mol. The lowest BCUT2D eigenvalue weighted by atomic mass is 10.1. The third kappa shape index (κ3) is 6.67. The maximum Gasteiger partial charge on any atom is 0.216 e. The van der Waals surface area contributed by atoms with E-state index in [4.69, 9.17) is 0 Å². The van der Waals surface area contributed by atoms with Crippen molar-refractivity contribution in [2.45, 2.75) is 32.2 Å². The molecule has 2 heterocycles. The third-order valence-electron chi connectivity index (χ3n) is 5.08. The molecular formula is C22H32N6O2S. The largest absolute Gasteiger partial charge is 0.353 e. The molecule has 1 aromatic heterocycles. The lowest BCUT2D eigenvalue weighted by molar-refractivity contribution is 0.371. The Hall–Kier alpha value is -2.65. The minimum atomic E-state index is -3.38. The van der Waals surface area contributed by atoms with Gasteiger partial charge in [-0.25, -0.2) is 18.1 Å². The van der Waals surface area contributed by atoms with Gasteiger partial charge in [0.2, 0.25) is 10.0 Å². The molecule has 2 aromatic rings. The molecule has 0 radical (unpaired) electrons. The van der Waals surface area contributed by atoms with Gasteiger partial charge >= 0.3 is 0 Å². The van der Waals surface area contributed by atoms with Gasteiger partial charge < -0.3 is 15.1 Å². The average Bonchev–Trinajstić information content (AvgIpc) is 2.75. The van der Waals surface area contributed by atoms with Crippen molar-refractivity contribution in [1.82, 2.24) is 19.9 Å². The number of guanidine groups is 1. The second-order valence-electron chi connectivity index (χ2n) is 7.86. The summed E-state index contributed by atoms with van der Waals surface area (Å²) in [4.78, 5) is 13.4. The number of sulfonamides is 1. The maximum atomic E-state index is 12.4. The first-order chi connectivity index (χ1) is 14.9. The van der Waals surface area contributed by atoms with Crippen molar-refractivity contribution in [2.24, 2.45) is 4.99 Å². The molecule has 1 aromatic carbocycles. The first-order valence-corrected chi connectivity index (χ1v) is 12.2. The highest BCUT2D eigenvalue weighted by atomic mass is 32.2. The van der Waals surface area contributed by atoms with Crippen LogP contribution in [0, 0.1) is 0 Å². The first kappa shape index (κ1) is 23.0. The van der Waals surface area contributed by atoms with E-state index < -0.39 is 10.0 Å². The van der Waals surface area contributed by atoms with Gasteiger partial charge in [0.15, 0.2) is 5.96 Å². The lowest BCUT2D eigenvalue weighted by Gasteiger charge is -2.37. The molecule has 0 amide bonds. The normalized spacial score (nSPS) is 15.4. The van der Waals surface area contributed by atoms with E-state index in [1.54, 1.807) is 7.05 Å². The summed E-state index contributed by atoms with van der Waals surface area (Å²) in [5.41, 5.74) is 1.74.